The first-order valence-electron chi connectivity index (χ1n) is 8.20. The fraction of sp³-hybridized carbons (Fsp3) is 0.263. The van der Waals surface area contributed by atoms with Crippen LogP contribution in [0, 0.1) is 6.92 Å². The normalized spacial score (nSPS) is 13.4. The van der Waals surface area contributed by atoms with E-state index in [0.717, 1.165) is 21.4 Å². The molecule has 0 spiro atoms. The first-order chi connectivity index (χ1) is 12.0. The van der Waals surface area contributed by atoms with Gasteiger partial charge in [0, 0.05) is 18.1 Å². The summed E-state index contributed by atoms with van der Waals surface area (Å²) >= 11 is 3.43. The molecule has 2 aromatic heterocycles. The van der Waals surface area contributed by atoms with Gasteiger partial charge in [-0.15, -0.1) is 0 Å². The highest BCUT2D eigenvalue weighted by Crippen LogP contribution is 2.21. The van der Waals surface area contributed by atoms with Crippen molar-refractivity contribution < 1.29 is 4.79 Å². The number of halogens is 1. The first-order valence-corrected chi connectivity index (χ1v) is 9.00. The summed E-state index contributed by atoms with van der Waals surface area (Å²) in [5.74, 6) is -0.0578. The first kappa shape index (κ1) is 17.5. The van der Waals surface area contributed by atoms with Crippen LogP contribution in [0.5, 0.6) is 0 Å². The van der Waals surface area contributed by atoms with E-state index >= 15 is 0 Å². The average Bonchev–Trinajstić information content (AvgIpc) is 3.25. The Morgan fingerprint density at radius 3 is 2.56 bits per heavy atom. The summed E-state index contributed by atoms with van der Waals surface area (Å²) in [5.41, 5.74) is 3.07. The second-order valence-electron chi connectivity index (χ2n) is 6.11. The van der Waals surface area contributed by atoms with Crippen molar-refractivity contribution in [2.45, 2.75) is 32.9 Å². The lowest BCUT2D eigenvalue weighted by atomic mass is 10.1. The number of amides is 1. The molecule has 0 aliphatic rings. The second-order valence-corrected chi connectivity index (χ2v) is 6.97. The summed E-state index contributed by atoms with van der Waals surface area (Å²) in [5, 5.41) is 7.35. The zero-order valence-corrected chi connectivity index (χ0v) is 16.1. The van der Waals surface area contributed by atoms with Gasteiger partial charge in [0.05, 0.1) is 22.4 Å². The minimum atomic E-state index is -0.374. The number of carbonyl (C=O) groups excluding carboxylic acids is 1. The van der Waals surface area contributed by atoms with Crippen LogP contribution in [0.2, 0.25) is 0 Å². The highest BCUT2D eigenvalue weighted by Gasteiger charge is 2.20. The Bertz CT molecular complexity index is 869. The van der Waals surface area contributed by atoms with E-state index in [1.165, 1.54) is 0 Å². The Labute approximate surface area is 155 Å². The van der Waals surface area contributed by atoms with Crippen molar-refractivity contribution in [1.82, 2.24) is 19.7 Å². The molecule has 1 aromatic carbocycles. The van der Waals surface area contributed by atoms with Gasteiger partial charge in [0.1, 0.15) is 6.04 Å². The summed E-state index contributed by atoms with van der Waals surface area (Å²) in [7, 11) is 0. The molecular weight excluding hydrogens is 380 g/mol. The average molecular weight is 401 g/mol. The van der Waals surface area contributed by atoms with Crippen molar-refractivity contribution in [1.29, 1.82) is 0 Å². The van der Waals surface area contributed by atoms with Crippen molar-refractivity contribution in [2.75, 3.05) is 0 Å². The Morgan fingerprint density at radius 2 is 1.92 bits per heavy atom. The topological polar surface area (TPSA) is 51.9 Å². The number of nitrogens with zero attached hydrogens (tertiary/aromatic N) is 3. The Hall–Kier alpha value is -2.34. The van der Waals surface area contributed by atoms with Crippen LogP contribution in [-0.4, -0.2) is 20.3 Å². The van der Waals surface area contributed by atoms with Gasteiger partial charge < -0.3 is 9.88 Å². The van der Waals surface area contributed by atoms with Gasteiger partial charge in [0.2, 0.25) is 5.91 Å². The van der Waals surface area contributed by atoms with E-state index < -0.39 is 0 Å². The summed E-state index contributed by atoms with van der Waals surface area (Å²) in [6.07, 6.45) is 5.72. The Kier molecular flexibility index (Phi) is 5.08. The molecule has 2 heterocycles. The van der Waals surface area contributed by atoms with Gasteiger partial charge in [0.15, 0.2) is 0 Å². The number of rotatable bonds is 5. The minimum Gasteiger partial charge on any atom is -0.348 e. The molecule has 0 aliphatic heterocycles. The number of benzene rings is 1. The van der Waals surface area contributed by atoms with Crippen molar-refractivity contribution in [2.24, 2.45) is 0 Å². The van der Waals surface area contributed by atoms with Crippen LogP contribution in [0.15, 0.2) is 59.5 Å². The molecule has 25 heavy (non-hydrogen) atoms. The van der Waals surface area contributed by atoms with Gasteiger partial charge in [-0.3, -0.25) is 9.48 Å². The number of carbonyl (C=O) groups is 1. The molecule has 2 atom stereocenters. The van der Waals surface area contributed by atoms with E-state index in [2.05, 4.69) is 32.4 Å². The van der Waals surface area contributed by atoms with Crippen molar-refractivity contribution in [3.05, 3.63) is 70.7 Å². The quantitative estimate of drug-likeness (QED) is 0.697. The summed E-state index contributed by atoms with van der Waals surface area (Å²) in [4.78, 5) is 12.6. The third-order valence-corrected chi connectivity index (χ3v) is 5.14. The lowest BCUT2D eigenvalue weighted by Crippen LogP contribution is -2.33. The minimum absolute atomic E-state index is 0.0578. The molecule has 0 fully saturated rings. The third-order valence-electron chi connectivity index (χ3n) is 4.36. The molecular formula is C19H21BrN4O. The molecule has 3 rings (SSSR count). The van der Waals surface area contributed by atoms with Crippen LogP contribution >= 0.6 is 15.9 Å². The van der Waals surface area contributed by atoms with Crippen LogP contribution in [0.1, 0.15) is 37.2 Å². The number of hydrogen-bond donors (Lipinski definition) is 1. The number of aromatic nitrogens is 3. The van der Waals surface area contributed by atoms with E-state index in [4.69, 9.17) is 0 Å². The molecule has 5 nitrogen and oxygen atoms in total. The molecule has 2 unspecified atom stereocenters. The molecule has 0 aliphatic carbocycles. The largest absolute Gasteiger partial charge is 0.348 e. The standard InChI is InChI=1S/C19H21BrN4O/c1-13(16-7-6-8-17(11-16)23-9-4-5-10-23)22-19(25)15(3)24-14(2)18(20)12-21-24/h4-13,15H,1-3H3,(H,22,25). The molecule has 1 amide bonds. The highest BCUT2D eigenvalue weighted by atomic mass is 79.9. The second kappa shape index (κ2) is 7.27. The van der Waals surface area contributed by atoms with Gasteiger partial charge in [0.25, 0.3) is 0 Å². The van der Waals surface area contributed by atoms with Crippen LogP contribution in [0.4, 0.5) is 0 Å². The maximum absolute atomic E-state index is 12.6. The summed E-state index contributed by atoms with van der Waals surface area (Å²) in [6.45, 7) is 5.78. The zero-order chi connectivity index (χ0) is 18.0. The van der Waals surface area contributed by atoms with E-state index in [0.29, 0.717) is 0 Å². The fourth-order valence-corrected chi connectivity index (χ4v) is 3.06. The van der Waals surface area contributed by atoms with Crippen LogP contribution in [0.25, 0.3) is 5.69 Å². The van der Waals surface area contributed by atoms with Crippen molar-refractivity contribution in [3.8, 4) is 5.69 Å². The zero-order valence-electron chi connectivity index (χ0n) is 14.5. The van der Waals surface area contributed by atoms with Crippen LogP contribution in [0.3, 0.4) is 0 Å². The maximum atomic E-state index is 12.6. The van der Waals surface area contributed by atoms with Crippen molar-refractivity contribution >= 4 is 21.8 Å². The van der Waals surface area contributed by atoms with Crippen LogP contribution < -0.4 is 5.32 Å². The molecule has 0 bridgehead atoms. The SMILES string of the molecule is Cc1c(Br)cnn1C(C)C(=O)NC(C)c1cccc(-n2cccc2)c1. The summed E-state index contributed by atoms with van der Waals surface area (Å²) < 4.78 is 4.67. The molecule has 1 N–H and O–H groups in total. The fourth-order valence-electron chi connectivity index (χ4n) is 2.78. The Balaban J connectivity index is 1.73. The Morgan fingerprint density at radius 1 is 1.20 bits per heavy atom. The molecule has 0 saturated heterocycles. The maximum Gasteiger partial charge on any atom is 0.245 e. The third kappa shape index (κ3) is 3.69. The van der Waals surface area contributed by atoms with Gasteiger partial charge in [-0.2, -0.15) is 5.10 Å². The van der Waals surface area contributed by atoms with Gasteiger partial charge in [-0.25, -0.2) is 0 Å². The van der Waals surface area contributed by atoms with Crippen molar-refractivity contribution in [3.63, 3.8) is 0 Å². The molecule has 3 aromatic rings. The number of nitrogens with one attached hydrogen (secondary N) is 1. The predicted molar refractivity (Wildman–Crippen MR) is 102 cm³/mol. The van der Waals surface area contributed by atoms with E-state index in [9.17, 15) is 4.79 Å². The summed E-state index contributed by atoms with van der Waals surface area (Å²) in [6, 6.07) is 11.7. The molecule has 6 heteroatoms. The monoisotopic (exact) mass is 400 g/mol. The lowest BCUT2D eigenvalue weighted by molar-refractivity contribution is -0.124. The molecule has 0 radical (unpaired) electrons. The van der Waals surface area contributed by atoms with E-state index in [1.54, 1.807) is 10.9 Å². The van der Waals surface area contributed by atoms with E-state index in [1.807, 2.05) is 68.1 Å². The van der Waals surface area contributed by atoms with Gasteiger partial charge in [-0.05, 0) is 66.5 Å². The lowest BCUT2D eigenvalue weighted by Gasteiger charge is -2.20. The van der Waals surface area contributed by atoms with E-state index in [-0.39, 0.29) is 18.0 Å². The van der Waals surface area contributed by atoms with Gasteiger partial charge in [-0.1, -0.05) is 12.1 Å². The molecule has 0 saturated carbocycles. The molecule has 130 valence electrons. The van der Waals surface area contributed by atoms with Crippen LogP contribution in [-0.2, 0) is 4.79 Å². The smallest absolute Gasteiger partial charge is 0.245 e. The van der Waals surface area contributed by atoms with Gasteiger partial charge >= 0.3 is 0 Å². The predicted octanol–water partition coefficient (Wildman–Crippen LogP) is 4.18. The highest BCUT2D eigenvalue weighted by molar-refractivity contribution is 9.10. The number of hydrogen-bond acceptors (Lipinski definition) is 2.